The van der Waals surface area contributed by atoms with Gasteiger partial charge in [0, 0.05) is 19.4 Å². The minimum Gasteiger partial charge on any atom is -0.481 e. The molecule has 0 unspecified atom stereocenters. The molecule has 0 bridgehead atoms. The molecule has 10 heteroatoms. The molecule has 3 heterocycles. The predicted molar refractivity (Wildman–Crippen MR) is 138 cm³/mol. The van der Waals surface area contributed by atoms with E-state index >= 15 is 0 Å². The fraction of sp³-hybridized carbons (Fsp3) is 0.679. The number of aliphatic carboxylic acids is 1. The number of rotatable bonds is 10. The first-order valence-corrected chi connectivity index (χ1v) is 13.2. The van der Waals surface area contributed by atoms with Gasteiger partial charge < -0.3 is 34.5 Å². The van der Waals surface area contributed by atoms with E-state index in [0.717, 1.165) is 12.0 Å². The van der Waals surface area contributed by atoms with Gasteiger partial charge in [0.15, 0.2) is 0 Å². The first-order chi connectivity index (χ1) is 17.9. The van der Waals surface area contributed by atoms with Crippen molar-refractivity contribution in [1.29, 1.82) is 0 Å². The van der Waals surface area contributed by atoms with E-state index in [0.29, 0.717) is 19.4 Å². The summed E-state index contributed by atoms with van der Waals surface area (Å²) in [7, 11) is 0. The SMILES string of the molecule is CC(=O)O[C@@H](C)/C=C\C(=O)N[C@@H]1C[C@H](C)[C@H](C/C=C(C)/C=C/[C@H]2O[C@H](CC(=O)O)C[C@@]3(CO3)[C@@H]2O)O[C@@H]1C. The van der Waals surface area contributed by atoms with Crippen molar-refractivity contribution in [2.45, 2.75) is 109 Å². The van der Waals surface area contributed by atoms with Crippen LogP contribution in [0.3, 0.4) is 0 Å². The number of carboxylic acids is 1. The van der Waals surface area contributed by atoms with Crippen LogP contribution in [0.25, 0.3) is 0 Å². The molecule has 1 amide bonds. The Morgan fingerprint density at radius 2 is 1.89 bits per heavy atom. The third-order valence-electron chi connectivity index (χ3n) is 7.33. The molecule has 212 valence electrons. The Labute approximate surface area is 224 Å². The molecular weight excluding hydrogens is 494 g/mol. The van der Waals surface area contributed by atoms with Crippen molar-refractivity contribution in [2.24, 2.45) is 5.92 Å². The lowest BCUT2D eigenvalue weighted by Crippen LogP contribution is -2.50. The molecule has 3 aliphatic heterocycles. The maximum Gasteiger partial charge on any atom is 0.305 e. The lowest BCUT2D eigenvalue weighted by molar-refractivity contribution is -0.155. The minimum absolute atomic E-state index is 0.0133. The average molecular weight is 536 g/mol. The molecule has 3 fully saturated rings. The van der Waals surface area contributed by atoms with Crippen molar-refractivity contribution in [2.75, 3.05) is 6.61 Å². The molecule has 0 radical (unpaired) electrons. The summed E-state index contributed by atoms with van der Waals surface area (Å²) in [4.78, 5) is 34.4. The van der Waals surface area contributed by atoms with Crippen LogP contribution in [0.4, 0.5) is 0 Å². The molecule has 0 aromatic carbocycles. The average Bonchev–Trinajstić information content (AvgIpc) is 3.59. The summed E-state index contributed by atoms with van der Waals surface area (Å²) in [5.41, 5.74) is 0.271. The third kappa shape index (κ3) is 8.49. The van der Waals surface area contributed by atoms with Gasteiger partial charge in [0.2, 0.25) is 5.91 Å². The van der Waals surface area contributed by atoms with Crippen LogP contribution in [0.1, 0.15) is 60.3 Å². The van der Waals surface area contributed by atoms with E-state index in [-0.39, 0.29) is 36.5 Å². The monoisotopic (exact) mass is 535 g/mol. The standard InChI is InChI=1S/C28H41NO9/c1-16(7-10-24-27(34)28(15-35-28)14-21(38-24)13-26(32)33)6-9-23-17(2)12-22(19(4)37-23)29-25(31)11-8-18(3)36-20(5)30/h6-8,10-11,17-19,21-24,27,34H,9,12-15H2,1-5H3,(H,29,31)(H,32,33)/b10-7+,11-8-,16-6+/t17-,18-,19+,21+,22+,23-,24+,27+,28+/m0/s1. The highest BCUT2D eigenvalue weighted by molar-refractivity contribution is 5.87. The van der Waals surface area contributed by atoms with Gasteiger partial charge in [-0.1, -0.05) is 30.7 Å². The number of esters is 1. The minimum atomic E-state index is -0.941. The molecule has 3 saturated heterocycles. The molecule has 3 aliphatic rings. The molecule has 1 spiro atoms. The highest BCUT2D eigenvalue weighted by atomic mass is 16.6. The number of aliphatic hydroxyl groups is 1. The van der Waals surface area contributed by atoms with Gasteiger partial charge >= 0.3 is 11.9 Å². The first-order valence-electron chi connectivity index (χ1n) is 13.2. The number of carboxylic acid groups (broad SMARTS) is 1. The second-order valence-corrected chi connectivity index (χ2v) is 10.7. The zero-order valence-electron chi connectivity index (χ0n) is 22.8. The summed E-state index contributed by atoms with van der Waals surface area (Å²) in [6, 6.07) is -0.131. The van der Waals surface area contributed by atoms with E-state index in [2.05, 4.69) is 18.3 Å². The quantitative estimate of drug-likeness (QED) is 0.166. The number of epoxide rings is 1. The number of carbonyl (C=O) groups is 3. The smallest absolute Gasteiger partial charge is 0.305 e. The number of ether oxygens (including phenoxy) is 4. The van der Waals surface area contributed by atoms with Crippen molar-refractivity contribution >= 4 is 17.8 Å². The summed E-state index contributed by atoms with van der Waals surface area (Å²) in [5, 5.41) is 22.8. The molecule has 38 heavy (non-hydrogen) atoms. The Morgan fingerprint density at radius 1 is 1.18 bits per heavy atom. The Hall–Kier alpha value is -2.53. The first kappa shape index (κ1) is 30.0. The van der Waals surface area contributed by atoms with Crippen molar-refractivity contribution < 1.29 is 43.5 Å². The van der Waals surface area contributed by atoms with E-state index in [4.69, 9.17) is 24.1 Å². The van der Waals surface area contributed by atoms with E-state index < -0.39 is 42.0 Å². The van der Waals surface area contributed by atoms with Gasteiger partial charge in [-0.25, -0.2) is 0 Å². The van der Waals surface area contributed by atoms with Gasteiger partial charge in [0.25, 0.3) is 0 Å². The number of carbonyl (C=O) groups excluding carboxylic acids is 2. The molecule has 0 aliphatic carbocycles. The second-order valence-electron chi connectivity index (χ2n) is 10.7. The van der Waals surface area contributed by atoms with Crippen LogP contribution in [0.2, 0.25) is 0 Å². The van der Waals surface area contributed by atoms with Gasteiger partial charge in [-0.05, 0) is 45.6 Å². The van der Waals surface area contributed by atoms with E-state index in [9.17, 15) is 19.5 Å². The van der Waals surface area contributed by atoms with Crippen LogP contribution >= 0.6 is 0 Å². The molecule has 0 aromatic rings. The Kier molecular flexibility index (Phi) is 10.3. The summed E-state index contributed by atoms with van der Waals surface area (Å²) in [5.74, 6) is -1.39. The fourth-order valence-electron chi connectivity index (χ4n) is 5.08. The Bertz CT molecular complexity index is 954. The van der Waals surface area contributed by atoms with Gasteiger partial charge in [0.05, 0.1) is 37.4 Å². The lowest BCUT2D eigenvalue weighted by atomic mass is 9.87. The molecule has 10 nitrogen and oxygen atoms in total. The van der Waals surface area contributed by atoms with E-state index in [1.807, 2.05) is 19.9 Å². The van der Waals surface area contributed by atoms with E-state index in [1.165, 1.54) is 13.0 Å². The largest absolute Gasteiger partial charge is 0.481 e. The van der Waals surface area contributed by atoms with Crippen molar-refractivity contribution in [3.05, 3.63) is 36.0 Å². The number of nitrogens with one attached hydrogen (secondary N) is 1. The van der Waals surface area contributed by atoms with Crippen molar-refractivity contribution in [3.8, 4) is 0 Å². The predicted octanol–water partition coefficient (Wildman–Crippen LogP) is 2.45. The van der Waals surface area contributed by atoms with E-state index in [1.54, 1.807) is 19.1 Å². The number of allylic oxidation sites excluding steroid dienone is 2. The lowest BCUT2D eigenvalue weighted by Gasteiger charge is -2.39. The summed E-state index contributed by atoms with van der Waals surface area (Å²) in [6.07, 6.45) is 7.67. The third-order valence-corrected chi connectivity index (χ3v) is 7.33. The summed E-state index contributed by atoms with van der Waals surface area (Å²) in [6.45, 7) is 9.41. The summed E-state index contributed by atoms with van der Waals surface area (Å²) >= 11 is 0. The van der Waals surface area contributed by atoms with Crippen LogP contribution in [0.5, 0.6) is 0 Å². The van der Waals surface area contributed by atoms with Crippen molar-refractivity contribution in [1.82, 2.24) is 5.32 Å². The number of amides is 1. The van der Waals surface area contributed by atoms with Crippen LogP contribution in [0, 0.1) is 5.92 Å². The van der Waals surface area contributed by atoms with Gasteiger partial charge in [0.1, 0.15) is 23.9 Å². The Balaban J connectivity index is 1.49. The maximum atomic E-state index is 12.3. The van der Waals surface area contributed by atoms with Crippen LogP contribution < -0.4 is 5.32 Å². The zero-order chi connectivity index (χ0) is 28.0. The second kappa shape index (κ2) is 13.0. The summed E-state index contributed by atoms with van der Waals surface area (Å²) < 4.78 is 22.5. The molecule has 9 atom stereocenters. The zero-order valence-corrected chi connectivity index (χ0v) is 22.8. The topological polar surface area (TPSA) is 144 Å². The molecule has 3 N–H and O–H groups in total. The molecule has 0 aromatic heterocycles. The van der Waals surface area contributed by atoms with Crippen LogP contribution in [0.15, 0.2) is 36.0 Å². The normalized spacial score (nSPS) is 36.4. The highest BCUT2D eigenvalue weighted by Gasteiger charge is 2.58. The number of hydrogen-bond acceptors (Lipinski definition) is 8. The molecular formula is C28H41NO9. The van der Waals surface area contributed by atoms with Gasteiger partial charge in [-0.15, -0.1) is 0 Å². The van der Waals surface area contributed by atoms with Crippen LogP contribution in [-0.2, 0) is 33.3 Å². The molecule has 0 saturated carbocycles. The van der Waals surface area contributed by atoms with Crippen LogP contribution in [-0.4, -0.2) is 82.9 Å². The van der Waals surface area contributed by atoms with Crippen molar-refractivity contribution in [3.63, 3.8) is 0 Å². The van der Waals surface area contributed by atoms with Gasteiger partial charge in [-0.3, -0.25) is 14.4 Å². The van der Waals surface area contributed by atoms with Gasteiger partial charge in [-0.2, -0.15) is 0 Å². The number of aliphatic hydroxyl groups excluding tert-OH is 1. The maximum absolute atomic E-state index is 12.3. The Morgan fingerprint density at radius 3 is 2.53 bits per heavy atom. The molecule has 3 rings (SSSR count). The number of hydrogen-bond donors (Lipinski definition) is 3. The fourth-order valence-corrected chi connectivity index (χ4v) is 5.08. The highest BCUT2D eigenvalue weighted by Crippen LogP contribution is 2.43.